The third-order valence-electron chi connectivity index (χ3n) is 5.58. The van der Waals surface area contributed by atoms with Crippen LogP contribution in [0.3, 0.4) is 0 Å². The molecule has 2 aliphatic heterocycles. The number of nitrogens with zero attached hydrogens (tertiary/aromatic N) is 1. The quantitative estimate of drug-likeness (QED) is 0.893. The van der Waals surface area contributed by atoms with Crippen molar-refractivity contribution in [1.82, 2.24) is 4.90 Å². The van der Waals surface area contributed by atoms with Crippen LogP contribution in [0.5, 0.6) is 0 Å². The van der Waals surface area contributed by atoms with Gasteiger partial charge in [-0.1, -0.05) is 48.5 Å². The lowest BCUT2D eigenvalue weighted by Crippen LogP contribution is -2.37. The summed E-state index contributed by atoms with van der Waals surface area (Å²) < 4.78 is 0. The fourth-order valence-corrected chi connectivity index (χ4v) is 4.22. The third-order valence-corrected chi connectivity index (χ3v) is 5.58. The molecule has 0 spiro atoms. The maximum Gasteiger partial charge on any atom is 0.230 e. The van der Waals surface area contributed by atoms with E-state index >= 15 is 0 Å². The van der Waals surface area contributed by atoms with Crippen molar-refractivity contribution in [2.24, 2.45) is 11.7 Å². The third kappa shape index (κ3) is 2.99. The van der Waals surface area contributed by atoms with Gasteiger partial charge in [0.2, 0.25) is 11.8 Å². The highest BCUT2D eigenvalue weighted by Gasteiger charge is 2.40. The Hall–Kier alpha value is -2.66. The van der Waals surface area contributed by atoms with Crippen molar-refractivity contribution >= 4 is 17.5 Å². The second-order valence-corrected chi connectivity index (χ2v) is 7.15. The minimum absolute atomic E-state index is 0.0316. The summed E-state index contributed by atoms with van der Waals surface area (Å²) in [6.07, 6.45) is 0.204. The van der Waals surface area contributed by atoms with Crippen LogP contribution in [-0.2, 0) is 9.59 Å². The SMILES string of the molecule is NC[C@@H]1CN(C(=O)C2CC(=O)Nc3ccccc32)C[C@H]1c1ccccc1. The van der Waals surface area contributed by atoms with Gasteiger partial charge in [0.15, 0.2) is 0 Å². The van der Waals surface area contributed by atoms with Gasteiger partial charge in [0, 0.05) is 31.1 Å². The molecule has 1 unspecified atom stereocenters. The van der Waals surface area contributed by atoms with Gasteiger partial charge >= 0.3 is 0 Å². The molecule has 134 valence electrons. The van der Waals surface area contributed by atoms with Crippen molar-refractivity contribution in [3.05, 3.63) is 65.7 Å². The van der Waals surface area contributed by atoms with Crippen LogP contribution in [0.15, 0.2) is 54.6 Å². The van der Waals surface area contributed by atoms with E-state index in [-0.39, 0.29) is 30.1 Å². The number of fused-ring (bicyclic) bond motifs is 1. The average molecular weight is 349 g/mol. The van der Waals surface area contributed by atoms with E-state index in [4.69, 9.17) is 5.73 Å². The largest absolute Gasteiger partial charge is 0.341 e. The van der Waals surface area contributed by atoms with Crippen molar-refractivity contribution in [1.29, 1.82) is 0 Å². The maximum atomic E-state index is 13.3. The topological polar surface area (TPSA) is 75.4 Å². The number of hydrogen-bond donors (Lipinski definition) is 2. The molecule has 2 aromatic rings. The second kappa shape index (κ2) is 6.92. The van der Waals surface area contributed by atoms with E-state index in [1.807, 2.05) is 47.4 Å². The minimum atomic E-state index is -0.409. The molecule has 26 heavy (non-hydrogen) atoms. The molecular weight excluding hydrogens is 326 g/mol. The smallest absolute Gasteiger partial charge is 0.230 e. The summed E-state index contributed by atoms with van der Waals surface area (Å²) in [5.74, 6) is 0.0140. The molecule has 5 heteroatoms. The number of rotatable bonds is 3. The molecule has 2 aromatic carbocycles. The van der Waals surface area contributed by atoms with E-state index in [1.54, 1.807) is 0 Å². The first-order valence-corrected chi connectivity index (χ1v) is 9.10. The fourth-order valence-electron chi connectivity index (χ4n) is 4.22. The van der Waals surface area contributed by atoms with Crippen LogP contribution in [0, 0.1) is 5.92 Å². The summed E-state index contributed by atoms with van der Waals surface area (Å²) in [5.41, 5.74) is 8.87. The first-order valence-electron chi connectivity index (χ1n) is 9.10. The van der Waals surface area contributed by atoms with Crippen LogP contribution in [0.1, 0.15) is 29.4 Å². The molecule has 1 saturated heterocycles. The van der Waals surface area contributed by atoms with Gasteiger partial charge in [-0.15, -0.1) is 0 Å². The van der Waals surface area contributed by atoms with Gasteiger partial charge in [0.25, 0.3) is 0 Å². The molecule has 2 amide bonds. The fraction of sp³-hybridized carbons (Fsp3) is 0.333. The second-order valence-electron chi connectivity index (χ2n) is 7.15. The standard InChI is InChI=1S/C21H23N3O2/c22-11-15-12-24(13-18(15)14-6-2-1-3-7-14)21(26)17-10-20(25)23-19-9-5-4-8-16(17)19/h1-9,15,17-18H,10-13,22H2,(H,23,25)/t15-,17?,18+/m1/s1. The number of likely N-dealkylation sites (tertiary alicyclic amines) is 1. The van der Waals surface area contributed by atoms with E-state index < -0.39 is 5.92 Å². The van der Waals surface area contributed by atoms with Crippen LogP contribution in [0.25, 0.3) is 0 Å². The minimum Gasteiger partial charge on any atom is -0.341 e. The van der Waals surface area contributed by atoms with Gasteiger partial charge < -0.3 is 16.0 Å². The number of nitrogens with one attached hydrogen (secondary N) is 1. The predicted molar refractivity (Wildman–Crippen MR) is 101 cm³/mol. The molecular formula is C21H23N3O2. The van der Waals surface area contributed by atoms with Crippen molar-refractivity contribution < 1.29 is 9.59 Å². The highest BCUT2D eigenvalue weighted by Crippen LogP contribution is 2.37. The van der Waals surface area contributed by atoms with Crippen molar-refractivity contribution in [2.45, 2.75) is 18.3 Å². The first kappa shape index (κ1) is 16.8. The number of hydrogen-bond acceptors (Lipinski definition) is 3. The molecule has 0 bridgehead atoms. The highest BCUT2D eigenvalue weighted by atomic mass is 16.2. The lowest BCUT2D eigenvalue weighted by Gasteiger charge is -2.28. The van der Waals surface area contributed by atoms with Gasteiger partial charge in [-0.2, -0.15) is 0 Å². The molecule has 0 saturated carbocycles. The molecule has 5 nitrogen and oxygen atoms in total. The number of benzene rings is 2. The van der Waals surface area contributed by atoms with E-state index in [1.165, 1.54) is 5.56 Å². The number of amides is 2. The van der Waals surface area contributed by atoms with Gasteiger partial charge in [0.1, 0.15) is 0 Å². The van der Waals surface area contributed by atoms with Crippen LogP contribution in [0.2, 0.25) is 0 Å². The summed E-state index contributed by atoms with van der Waals surface area (Å²) in [7, 11) is 0. The lowest BCUT2D eigenvalue weighted by molar-refractivity contribution is -0.134. The number of para-hydroxylation sites is 1. The van der Waals surface area contributed by atoms with Crippen molar-refractivity contribution in [2.75, 3.05) is 25.0 Å². The van der Waals surface area contributed by atoms with Gasteiger partial charge in [-0.05, 0) is 29.7 Å². The Morgan fingerprint density at radius 2 is 1.81 bits per heavy atom. The Bertz CT molecular complexity index is 821. The van der Waals surface area contributed by atoms with E-state index in [0.717, 1.165) is 11.3 Å². The highest BCUT2D eigenvalue weighted by molar-refractivity contribution is 6.01. The molecule has 4 rings (SSSR count). The summed E-state index contributed by atoms with van der Waals surface area (Å²) in [6.45, 7) is 1.85. The first-order chi connectivity index (χ1) is 12.7. The van der Waals surface area contributed by atoms with E-state index in [9.17, 15) is 9.59 Å². The average Bonchev–Trinajstić information content (AvgIpc) is 3.12. The van der Waals surface area contributed by atoms with Crippen LogP contribution in [0.4, 0.5) is 5.69 Å². The molecule has 2 aliphatic rings. The van der Waals surface area contributed by atoms with E-state index in [0.29, 0.717) is 19.6 Å². The molecule has 0 radical (unpaired) electrons. The molecule has 3 N–H and O–H groups in total. The Balaban J connectivity index is 1.59. The summed E-state index contributed by atoms with van der Waals surface area (Å²) in [4.78, 5) is 27.2. The summed E-state index contributed by atoms with van der Waals surface area (Å²) in [5, 5.41) is 2.86. The summed E-state index contributed by atoms with van der Waals surface area (Å²) >= 11 is 0. The van der Waals surface area contributed by atoms with E-state index in [2.05, 4.69) is 17.4 Å². The van der Waals surface area contributed by atoms with Crippen molar-refractivity contribution in [3.63, 3.8) is 0 Å². The molecule has 0 aliphatic carbocycles. The normalized spacial score (nSPS) is 24.9. The Morgan fingerprint density at radius 1 is 1.08 bits per heavy atom. The molecule has 0 aromatic heterocycles. The zero-order valence-corrected chi connectivity index (χ0v) is 14.6. The van der Waals surface area contributed by atoms with Crippen LogP contribution < -0.4 is 11.1 Å². The number of carbonyl (C=O) groups excluding carboxylic acids is 2. The molecule has 3 atom stereocenters. The van der Waals surface area contributed by atoms with Gasteiger partial charge in [0.05, 0.1) is 5.92 Å². The van der Waals surface area contributed by atoms with Gasteiger partial charge in [-0.25, -0.2) is 0 Å². The zero-order valence-electron chi connectivity index (χ0n) is 14.6. The zero-order chi connectivity index (χ0) is 18.1. The Labute approximate surface area is 153 Å². The van der Waals surface area contributed by atoms with Crippen LogP contribution in [-0.4, -0.2) is 36.3 Å². The Kier molecular flexibility index (Phi) is 4.47. The van der Waals surface area contributed by atoms with Gasteiger partial charge in [-0.3, -0.25) is 9.59 Å². The molecule has 2 heterocycles. The maximum absolute atomic E-state index is 13.3. The van der Waals surface area contributed by atoms with Crippen molar-refractivity contribution in [3.8, 4) is 0 Å². The predicted octanol–water partition coefficient (Wildman–Crippen LogP) is 2.31. The number of nitrogens with two attached hydrogens (primary N) is 1. The number of anilines is 1. The lowest BCUT2D eigenvalue weighted by atomic mass is 9.89. The summed E-state index contributed by atoms with van der Waals surface area (Å²) in [6, 6.07) is 17.8. The Morgan fingerprint density at radius 3 is 2.58 bits per heavy atom. The number of carbonyl (C=O) groups is 2. The molecule has 1 fully saturated rings. The monoisotopic (exact) mass is 349 g/mol. The van der Waals surface area contributed by atoms with Crippen LogP contribution >= 0.6 is 0 Å².